The van der Waals surface area contributed by atoms with Crippen LogP contribution in [-0.4, -0.2) is 24.5 Å². The van der Waals surface area contributed by atoms with Gasteiger partial charge < -0.3 is 10.1 Å². The number of carbonyl (C=O) groups excluding carboxylic acids is 1. The van der Waals surface area contributed by atoms with Crippen molar-refractivity contribution < 1.29 is 13.9 Å². The molecule has 0 bridgehead atoms. The summed E-state index contributed by atoms with van der Waals surface area (Å²) < 4.78 is 19.7. The highest BCUT2D eigenvalue weighted by atomic mass is 32.1. The van der Waals surface area contributed by atoms with Gasteiger partial charge in [0.15, 0.2) is 11.6 Å². The predicted octanol–water partition coefficient (Wildman–Crippen LogP) is 4.13. The molecule has 3 rings (SSSR count). The fraction of sp³-hybridized carbons (Fsp3) is 0.300. The number of thiazole rings is 1. The molecule has 0 aliphatic rings. The van der Waals surface area contributed by atoms with Crippen molar-refractivity contribution in [2.45, 2.75) is 25.7 Å². The number of nitrogens with zero attached hydrogens (tertiary/aromatic N) is 1. The molecule has 2 aromatic carbocycles. The van der Waals surface area contributed by atoms with Crippen LogP contribution in [0, 0.1) is 5.82 Å². The molecule has 0 radical (unpaired) electrons. The van der Waals surface area contributed by atoms with E-state index in [4.69, 9.17) is 4.74 Å². The van der Waals surface area contributed by atoms with Crippen molar-refractivity contribution in [3.8, 4) is 5.75 Å². The van der Waals surface area contributed by atoms with Gasteiger partial charge in [-0.05, 0) is 42.7 Å². The van der Waals surface area contributed by atoms with Gasteiger partial charge in [0.25, 0.3) is 0 Å². The van der Waals surface area contributed by atoms with E-state index in [1.165, 1.54) is 17.9 Å². The second-order valence-corrected chi connectivity index (χ2v) is 7.11. The number of methoxy groups -OCH3 is 1. The Labute approximate surface area is 156 Å². The molecule has 1 aromatic heterocycles. The zero-order valence-electron chi connectivity index (χ0n) is 14.6. The molecule has 0 saturated heterocycles. The number of nitrogens with one attached hydrogen (secondary N) is 1. The lowest BCUT2D eigenvalue weighted by Crippen LogP contribution is -2.25. The normalized spacial score (nSPS) is 10.8. The van der Waals surface area contributed by atoms with Gasteiger partial charge in [-0.1, -0.05) is 18.2 Å². The second kappa shape index (κ2) is 8.76. The predicted molar refractivity (Wildman–Crippen MR) is 102 cm³/mol. The fourth-order valence-corrected chi connectivity index (χ4v) is 3.72. The van der Waals surface area contributed by atoms with Crippen LogP contribution in [0.25, 0.3) is 10.2 Å². The fourth-order valence-electron chi connectivity index (χ4n) is 2.71. The van der Waals surface area contributed by atoms with Gasteiger partial charge >= 0.3 is 0 Å². The number of amides is 1. The van der Waals surface area contributed by atoms with E-state index in [0.29, 0.717) is 19.4 Å². The van der Waals surface area contributed by atoms with E-state index in [1.807, 2.05) is 18.2 Å². The number of rotatable bonds is 8. The van der Waals surface area contributed by atoms with Crippen molar-refractivity contribution >= 4 is 27.5 Å². The molecule has 4 nitrogen and oxygen atoms in total. The van der Waals surface area contributed by atoms with Crippen molar-refractivity contribution in [1.82, 2.24) is 10.3 Å². The minimum Gasteiger partial charge on any atom is -0.494 e. The number of aryl methyl sites for hydroxylation is 2. The Morgan fingerprint density at radius 2 is 2.08 bits per heavy atom. The molecule has 0 unspecified atom stereocenters. The van der Waals surface area contributed by atoms with E-state index in [-0.39, 0.29) is 11.7 Å². The van der Waals surface area contributed by atoms with Crippen LogP contribution in [0.5, 0.6) is 5.75 Å². The van der Waals surface area contributed by atoms with E-state index >= 15 is 0 Å². The number of ether oxygens (including phenoxy) is 1. The summed E-state index contributed by atoms with van der Waals surface area (Å²) in [6.07, 6.45) is 2.55. The summed E-state index contributed by atoms with van der Waals surface area (Å²) in [7, 11) is 1.43. The molecule has 1 amide bonds. The minimum atomic E-state index is -0.402. The monoisotopic (exact) mass is 372 g/mol. The average molecular weight is 372 g/mol. The Hall–Kier alpha value is -2.47. The number of hydrogen-bond acceptors (Lipinski definition) is 4. The number of fused-ring (bicyclic) bond motifs is 1. The standard InChI is InChI=1S/C20H21FN2O2S/c1-25-17-10-8-14(13-15(17)21)9-11-19(24)22-12-4-7-20-23-16-5-2-3-6-18(16)26-20/h2-3,5-6,8,10,13H,4,7,9,11-12H2,1H3,(H,22,24). The molecule has 1 N–H and O–H groups in total. The summed E-state index contributed by atoms with van der Waals surface area (Å²) in [6.45, 7) is 0.617. The zero-order chi connectivity index (χ0) is 18.4. The van der Waals surface area contributed by atoms with Gasteiger partial charge in [-0.25, -0.2) is 9.37 Å². The topological polar surface area (TPSA) is 51.2 Å². The summed E-state index contributed by atoms with van der Waals surface area (Å²) in [4.78, 5) is 16.5. The summed E-state index contributed by atoms with van der Waals surface area (Å²) >= 11 is 1.70. The lowest BCUT2D eigenvalue weighted by molar-refractivity contribution is -0.121. The quantitative estimate of drug-likeness (QED) is 0.605. The third-order valence-corrected chi connectivity index (χ3v) is 5.18. The lowest BCUT2D eigenvalue weighted by Gasteiger charge is -2.06. The Bertz CT molecular complexity index is 861. The highest BCUT2D eigenvalue weighted by Crippen LogP contribution is 2.22. The Kier molecular flexibility index (Phi) is 6.17. The highest BCUT2D eigenvalue weighted by Gasteiger charge is 2.07. The van der Waals surface area contributed by atoms with E-state index in [2.05, 4.69) is 16.4 Å². The Morgan fingerprint density at radius 3 is 2.85 bits per heavy atom. The summed E-state index contributed by atoms with van der Waals surface area (Å²) in [5.41, 5.74) is 1.82. The number of benzene rings is 2. The van der Waals surface area contributed by atoms with Crippen molar-refractivity contribution in [3.05, 3.63) is 58.9 Å². The molecule has 136 valence electrons. The maximum atomic E-state index is 13.6. The van der Waals surface area contributed by atoms with E-state index in [9.17, 15) is 9.18 Å². The van der Waals surface area contributed by atoms with Crippen molar-refractivity contribution in [3.63, 3.8) is 0 Å². The first-order chi connectivity index (χ1) is 12.7. The molecule has 0 spiro atoms. The lowest BCUT2D eigenvalue weighted by atomic mass is 10.1. The summed E-state index contributed by atoms with van der Waals surface area (Å²) in [5.74, 6) is -0.209. The Balaban J connectivity index is 1.38. The number of aromatic nitrogens is 1. The first-order valence-electron chi connectivity index (χ1n) is 8.59. The van der Waals surface area contributed by atoms with Gasteiger partial charge in [0.2, 0.25) is 5.91 Å². The summed E-state index contributed by atoms with van der Waals surface area (Å²) in [5, 5.41) is 4.01. The molecular formula is C20H21FN2O2S. The van der Waals surface area contributed by atoms with Gasteiger partial charge in [0.1, 0.15) is 0 Å². The Morgan fingerprint density at radius 1 is 1.23 bits per heavy atom. The molecule has 0 atom stereocenters. The zero-order valence-corrected chi connectivity index (χ0v) is 15.4. The van der Waals surface area contributed by atoms with Crippen molar-refractivity contribution in [1.29, 1.82) is 0 Å². The van der Waals surface area contributed by atoms with Crippen LogP contribution in [0.1, 0.15) is 23.4 Å². The SMILES string of the molecule is COc1ccc(CCC(=O)NCCCc2nc3ccccc3s2)cc1F. The number of para-hydroxylation sites is 1. The molecule has 3 aromatic rings. The molecule has 0 saturated carbocycles. The van der Waals surface area contributed by atoms with E-state index < -0.39 is 5.82 Å². The van der Waals surface area contributed by atoms with Crippen LogP contribution in [0.2, 0.25) is 0 Å². The van der Waals surface area contributed by atoms with Crippen LogP contribution >= 0.6 is 11.3 Å². The van der Waals surface area contributed by atoms with Crippen molar-refractivity contribution in [2.24, 2.45) is 0 Å². The summed E-state index contributed by atoms with van der Waals surface area (Å²) in [6, 6.07) is 12.9. The van der Waals surface area contributed by atoms with Crippen LogP contribution in [0.15, 0.2) is 42.5 Å². The van der Waals surface area contributed by atoms with Gasteiger partial charge in [0.05, 0.1) is 22.3 Å². The van der Waals surface area contributed by atoms with Gasteiger partial charge in [-0.15, -0.1) is 11.3 Å². The van der Waals surface area contributed by atoms with E-state index in [0.717, 1.165) is 28.9 Å². The number of carbonyl (C=O) groups is 1. The molecular weight excluding hydrogens is 351 g/mol. The molecule has 6 heteroatoms. The third-order valence-electron chi connectivity index (χ3n) is 4.08. The van der Waals surface area contributed by atoms with Gasteiger partial charge in [0, 0.05) is 19.4 Å². The smallest absolute Gasteiger partial charge is 0.220 e. The van der Waals surface area contributed by atoms with Gasteiger partial charge in [-0.3, -0.25) is 4.79 Å². The molecule has 0 aliphatic carbocycles. The minimum absolute atomic E-state index is 0.0227. The van der Waals surface area contributed by atoms with Gasteiger partial charge in [-0.2, -0.15) is 0 Å². The maximum absolute atomic E-state index is 13.6. The van der Waals surface area contributed by atoms with Crippen LogP contribution in [-0.2, 0) is 17.6 Å². The molecule has 0 aliphatic heterocycles. The number of halogens is 1. The van der Waals surface area contributed by atoms with Crippen molar-refractivity contribution in [2.75, 3.05) is 13.7 Å². The molecule has 0 fully saturated rings. The first-order valence-corrected chi connectivity index (χ1v) is 9.41. The maximum Gasteiger partial charge on any atom is 0.220 e. The van der Waals surface area contributed by atoms with Crippen LogP contribution < -0.4 is 10.1 Å². The third kappa shape index (κ3) is 4.79. The second-order valence-electron chi connectivity index (χ2n) is 6.00. The molecule has 26 heavy (non-hydrogen) atoms. The van der Waals surface area contributed by atoms with Crippen LogP contribution in [0.4, 0.5) is 4.39 Å². The average Bonchev–Trinajstić information content (AvgIpc) is 3.06. The molecule has 1 heterocycles. The highest BCUT2D eigenvalue weighted by molar-refractivity contribution is 7.18. The van der Waals surface area contributed by atoms with E-state index in [1.54, 1.807) is 23.5 Å². The van der Waals surface area contributed by atoms with Crippen LogP contribution in [0.3, 0.4) is 0 Å². The number of hydrogen-bond donors (Lipinski definition) is 1. The largest absolute Gasteiger partial charge is 0.494 e. The first kappa shape index (κ1) is 18.3.